The van der Waals surface area contributed by atoms with Gasteiger partial charge in [0.05, 0.1) is 0 Å². The zero-order valence-corrected chi connectivity index (χ0v) is 10.1. The van der Waals surface area contributed by atoms with Crippen molar-refractivity contribution in [3.63, 3.8) is 0 Å². The predicted molar refractivity (Wildman–Crippen MR) is 72.9 cm³/mol. The number of imidazole rings is 1. The SMILES string of the molecule is C#Cc1nc2cccnc2n1C.c1ccccc1. The third-order valence-electron chi connectivity index (χ3n) is 2.42. The topological polar surface area (TPSA) is 30.7 Å². The Kier molecular flexibility index (Phi) is 3.72. The lowest BCUT2D eigenvalue weighted by molar-refractivity contribution is 0.911. The van der Waals surface area contributed by atoms with Gasteiger partial charge in [-0.15, -0.1) is 6.42 Å². The highest BCUT2D eigenvalue weighted by Gasteiger charge is 2.04. The van der Waals surface area contributed by atoms with Gasteiger partial charge in [0.15, 0.2) is 11.5 Å². The van der Waals surface area contributed by atoms with Crippen LogP contribution in [0.2, 0.25) is 0 Å². The Labute approximate surface area is 106 Å². The summed E-state index contributed by atoms with van der Waals surface area (Å²) in [7, 11) is 1.86. The van der Waals surface area contributed by atoms with Crippen LogP contribution in [-0.2, 0) is 7.05 Å². The zero-order valence-electron chi connectivity index (χ0n) is 10.1. The van der Waals surface area contributed by atoms with Gasteiger partial charge in [0, 0.05) is 13.2 Å². The van der Waals surface area contributed by atoms with E-state index >= 15 is 0 Å². The van der Waals surface area contributed by atoms with E-state index in [1.54, 1.807) is 10.8 Å². The molecule has 0 saturated carbocycles. The van der Waals surface area contributed by atoms with E-state index in [0.717, 1.165) is 11.2 Å². The Balaban J connectivity index is 0.000000169. The van der Waals surface area contributed by atoms with Crippen LogP contribution in [0.1, 0.15) is 5.82 Å². The molecule has 0 aliphatic carbocycles. The molecule has 88 valence electrons. The molecule has 2 aromatic heterocycles. The number of aryl methyl sites for hydroxylation is 1. The molecule has 3 nitrogen and oxygen atoms in total. The minimum absolute atomic E-state index is 0.615. The molecule has 18 heavy (non-hydrogen) atoms. The number of hydrogen-bond donors (Lipinski definition) is 0. The number of fused-ring (bicyclic) bond motifs is 1. The minimum Gasteiger partial charge on any atom is -0.305 e. The van der Waals surface area contributed by atoms with Gasteiger partial charge in [-0.3, -0.25) is 0 Å². The summed E-state index contributed by atoms with van der Waals surface area (Å²) in [6.45, 7) is 0. The molecule has 0 N–H and O–H groups in total. The lowest BCUT2D eigenvalue weighted by Crippen LogP contribution is -1.92. The van der Waals surface area contributed by atoms with Crippen molar-refractivity contribution >= 4 is 11.2 Å². The van der Waals surface area contributed by atoms with Crippen molar-refractivity contribution in [2.24, 2.45) is 7.05 Å². The van der Waals surface area contributed by atoms with Crippen LogP contribution in [0.3, 0.4) is 0 Å². The summed E-state index contributed by atoms with van der Waals surface area (Å²) in [4.78, 5) is 8.35. The number of nitrogens with zero attached hydrogens (tertiary/aromatic N) is 3. The summed E-state index contributed by atoms with van der Waals surface area (Å²) >= 11 is 0. The van der Waals surface area contributed by atoms with Crippen LogP contribution in [0.25, 0.3) is 11.2 Å². The average molecular weight is 235 g/mol. The van der Waals surface area contributed by atoms with Gasteiger partial charge in [-0.1, -0.05) is 36.4 Å². The molecule has 3 rings (SSSR count). The summed E-state index contributed by atoms with van der Waals surface area (Å²) in [5.41, 5.74) is 1.67. The molecule has 0 bridgehead atoms. The van der Waals surface area contributed by atoms with Crippen LogP contribution in [0.5, 0.6) is 0 Å². The molecule has 0 aliphatic heterocycles. The maximum Gasteiger partial charge on any atom is 0.187 e. The second-order valence-corrected chi connectivity index (χ2v) is 3.64. The van der Waals surface area contributed by atoms with E-state index in [-0.39, 0.29) is 0 Å². The van der Waals surface area contributed by atoms with Gasteiger partial charge in [0.2, 0.25) is 0 Å². The number of benzene rings is 1. The molecular weight excluding hydrogens is 222 g/mol. The van der Waals surface area contributed by atoms with Gasteiger partial charge < -0.3 is 4.57 Å². The first kappa shape index (κ1) is 11.9. The molecule has 3 aromatic rings. The standard InChI is InChI=1S/C9H7N3.C6H6/c1-3-8-11-7-5-4-6-10-9(7)12(8)2;1-2-4-6-5-3-1/h1,4-6H,2H3;1-6H. The summed E-state index contributed by atoms with van der Waals surface area (Å²) in [6.07, 6.45) is 6.98. The maximum absolute atomic E-state index is 5.25. The van der Waals surface area contributed by atoms with E-state index in [4.69, 9.17) is 6.42 Å². The van der Waals surface area contributed by atoms with E-state index in [2.05, 4.69) is 15.9 Å². The highest BCUT2D eigenvalue weighted by molar-refractivity contribution is 5.71. The van der Waals surface area contributed by atoms with E-state index in [9.17, 15) is 0 Å². The molecule has 0 spiro atoms. The molecule has 0 fully saturated rings. The van der Waals surface area contributed by atoms with Crippen LogP contribution >= 0.6 is 0 Å². The van der Waals surface area contributed by atoms with Crippen molar-refractivity contribution in [2.45, 2.75) is 0 Å². The molecule has 0 unspecified atom stereocenters. The lowest BCUT2D eigenvalue weighted by Gasteiger charge is -1.91. The average Bonchev–Trinajstić information content (AvgIpc) is 2.79. The zero-order chi connectivity index (χ0) is 12.8. The van der Waals surface area contributed by atoms with Crippen LogP contribution in [0, 0.1) is 12.3 Å². The summed E-state index contributed by atoms with van der Waals surface area (Å²) in [5.74, 6) is 3.11. The second kappa shape index (κ2) is 5.65. The molecule has 0 radical (unpaired) electrons. The molecule has 2 heterocycles. The third kappa shape index (κ3) is 2.55. The first-order valence-corrected chi connectivity index (χ1v) is 5.57. The van der Waals surface area contributed by atoms with Crippen LogP contribution in [0.15, 0.2) is 54.7 Å². The fourth-order valence-corrected chi connectivity index (χ4v) is 1.54. The third-order valence-corrected chi connectivity index (χ3v) is 2.42. The highest BCUT2D eigenvalue weighted by atomic mass is 15.1. The Bertz CT molecular complexity index is 636. The predicted octanol–water partition coefficient (Wildman–Crippen LogP) is 2.64. The van der Waals surface area contributed by atoms with Crippen molar-refractivity contribution in [1.82, 2.24) is 14.5 Å². The van der Waals surface area contributed by atoms with Crippen LogP contribution in [-0.4, -0.2) is 14.5 Å². The van der Waals surface area contributed by atoms with Crippen molar-refractivity contribution in [1.29, 1.82) is 0 Å². The fraction of sp³-hybridized carbons (Fsp3) is 0.0667. The number of aromatic nitrogens is 3. The van der Waals surface area contributed by atoms with E-state index in [1.807, 2.05) is 55.6 Å². The van der Waals surface area contributed by atoms with Crippen LogP contribution in [0.4, 0.5) is 0 Å². The molecule has 0 saturated heterocycles. The molecule has 0 atom stereocenters. The Hall–Kier alpha value is -2.60. The number of hydrogen-bond acceptors (Lipinski definition) is 2. The van der Waals surface area contributed by atoms with E-state index in [0.29, 0.717) is 5.82 Å². The van der Waals surface area contributed by atoms with Gasteiger partial charge in [-0.25, -0.2) is 9.97 Å². The van der Waals surface area contributed by atoms with E-state index in [1.165, 1.54) is 0 Å². The Morgan fingerprint density at radius 3 is 2.17 bits per heavy atom. The second-order valence-electron chi connectivity index (χ2n) is 3.64. The van der Waals surface area contributed by atoms with Crippen molar-refractivity contribution < 1.29 is 0 Å². The van der Waals surface area contributed by atoms with Gasteiger partial charge in [0.1, 0.15) is 5.52 Å². The van der Waals surface area contributed by atoms with Gasteiger partial charge in [-0.2, -0.15) is 0 Å². The van der Waals surface area contributed by atoms with Crippen molar-refractivity contribution in [3.05, 3.63) is 60.6 Å². The van der Waals surface area contributed by atoms with Crippen LogP contribution < -0.4 is 0 Å². The van der Waals surface area contributed by atoms with Crippen molar-refractivity contribution in [2.75, 3.05) is 0 Å². The first-order chi connectivity index (χ1) is 8.83. The smallest absolute Gasteiger partial charge is 0.187 e. The fourth-order valence-electron chi connectivity index (χ4n) is 1.54. The Morgan fingerprint density at radius 2 is 1.67 bits per heavy atom. The quantitative estimate of drug-likeness (QED) is 0.561. The molecule has 0 aliphatic rings. The van der Waals surface area contributed by atoms with Gasteiger partial charge in [0.25, 0.3) is 0 Å². The first-order valence-electron chi connectivity index (χ1n) is 5.57. The normalized spacial score (nSPS) is 9.33. The Morgan fingerprint density at radius 1 is 1.06 bits per heavy atom. The van der Waals surface area contributed by atoms with Crippen molar-refractivity contribution in [3.8, 4) is 12.3 Å². The van der Waals surface area contributed by atoms with Gasteiger partial charge in [-0.05, 0) is 18.1 Å². The maximum atomic E-state index is 5.25. The molecular formula is C15H13N3. The number of rotatable bonds is 0. The largest absolute Gasteiger partial charge is 0.305 e. The minimum atomic E-state index is 0.615. The summed E-state index contributed by atoms with van der Waals surface area (Å²) in [5, 5.41) is 0. The summed E-state index contributed by atoms with van der Waals surface area (Å²) in [6, 6.07) is 15.7. The van der Waals surface area contributed by atoms with Gasteiger partial charge >= 0.3 is 0 Å². The number of terminal acetylenes is 1. The lowest BCUT2D eigenvalue weighted by atomic mass is 10.4. The molecule has 0 amide bonds. The number of pyridine rings is 1. The molecule has 1 aromatic carbocycles. The monoisotopic (exact) mass is 235 g/mol. The molecule has 3 heteroatoms. The van der Waals surface area contributed by atoms with E-state index < -0.39 is 0 Å². The highest BCUT2D eigenvalue weighted by Crippen LogP contribution is 2.09. The summed E-state index contributed by atoms with van der Waals surface area (Å²) < 4.78 is 1.80.